The Bertz CT molecular complexity index is 1370. The molecule has 35 heavy (non-hydrogen) atoms. The van der Waals surface area contributed by atoms with Crippen LogP contribution in [0.3, 0.4) is 0 Å². The van der Waals surface area contributed by atoms with Crippen molar-refractivity contribution in [2.45, 2.75) is 19.8 Å². The van der Waals surface area contributed by atoms with Gasteiger partial charge in [0, 0.05) is 18.3 Å². The van der Waals surface area contributed by atoms with Crippen molar-refractivity contribution in [2.75, 3.05) is 7.11 Å². The minimum Gasteiger partial charge on any atom is -0.497 e. The molecular formula is C28H25NO6. The fourth-order valence-electron chi connectivity index (χ4n) is 3.78. The average molecular weight is 472 g/mol. The van der Waals surface area contributed by atoms with Crippen LogP contribution in [0.15, 0.2) is 89.9 Å². The largest absolute Gasteiger partial charge is 0.497 e. The predicted octanol–water partition coefficient (Wildman–Crippen LogP) is 4.34. The molecule has 0 radical (unpaired) electrons. The zero-order valence-electron chi connectivity index (χ0n) is 19.2. The molecule has 178 valence electrons. The van der Waals surface area contributed by atoms with Gasteiger partial charge in [-0.1, -0.05) is 54.6 Å². The van der Waals surface area contributed by atoms with Gasteiger partial charge in [-0.15, -0.1) is 0 Å². The first-order chi connectivity index (χ1) is 17.0. The normalized spacial score (nSPS) is 10.7. The van der Waals surface area contributed by atoms with E-state index in [1.165, 1.54) is 6.07 Å². The number of rotatable bonds is 9. The van der Waals surface area contributed by atoms with Crippen molar-refractivity contribution in [3.63, 3.8) is 0 Å². The summed E-state index contributed by atoms with van der Waals surface area (Å²) in [6, 6.07) is 23.1. The molecule has 4 aromatic rings. The van der Waals surface area contributed by atoms with Crippen LogP contribution in [0.25, 0.3) is 11.1 Å². The van der Waals surface area contributed by atoms with Gasteiger partial charge in [-0.3, -0.25) is 4.79 Å². The maximum absolute atomic E-state index is 12.5. The Labute approximate surface area is 202 Å². The van der Waals surface area contributed by atoms with E-state index in [2.05, 4.69) is 0 Å². The van der Waals surface area contributed by atoms with E-state index >= 15 is 0 Å². The molecule has 0 spiro atoms. The summed E-state index contributed by atoms with van der Waals surface area (Å²) in [6.07, 6.45) is 1.60. The number of aliphatic hydroxyl groups is 1. The Kier molecular flexibility index (Phi) is 7.28. The number of ether oxygens (including phenoxy) is 2. The van der Waals surface area contributed by atoms with Crippen LogP contribution >= 0.6 is 0 Å². The Morgan fingerprint density at radius 2 is 1.63 bits per heavy atom. The lowest BCUT2D eigenvalue weighted by molar-refractivity contribution is 0.0697. The van der Waals surface area contributed by atoms with Crippen molar-refractivity contribution in [3.05, 3.63) is 118 Å². The Hall–Kier alpha value is -4.36. The Balaban J connectivity index is 1.54. The molecule has 4 rings (SSSR count). The number of pyridine rings is 1. The monoisotopic (exact) mass is 471 g/mol. The van der Waals surface area contributed by atoms with Gasteiger partial charge in [-0.2, -0.15) is 0 Å². The fourth-order valence-corrected chi connectivity index (χ4v) is 3.78. The summed E-state index contributed by atoms with van der Waals surface area (Å²) < 4.78 is 12.7. The highest BCUT2D eigenvalue weighted by molar-refractivity contribution is 5.95. The molecule has 0 saturated carbocycles. The second-order valence-corrected chi connectivity index (χ2v) is 7.96. The molecule has 0 aliphatic carbocycles. The van der Waals surface area contributed by atoms with Crippen molar-refractivity contribution < 1.29 is 24.5 Å². The molecule has 7 nitrogen and oxygen atoms in total. The lowest BCUT2D eigenvalue weighted by Crippen LogP contribution is -2.16. The van der Waals surface area contributed by atoms with Crippen LogP contribution < -0.4 is 14.9 Å². The number of methoxy groups -OCH3 is 1. The molecule has 0 fully saturated rings. The molecule has 0 aliphatic heterocycles. The quantitative estimate of drug-likeness (QED) is 0.377. The lowest BCUT2D eigenvalue weighted by atomic mass is 9.99. The van der Waals surface area contributed by atoms with E-state index in [0.717, 1.165) is 22.4 Å². The van der Waals surface area contributed by atoms with Gasteiger partial charge in [0.05, 0.1) is 25.5 Å². The van der Waals surface area contributed by atoms with Gasteiger partial charge in [0.25, 0.3) is 0 Å². The smallest absolute Gasteiger partial charge is 0.336 e. The number of hydrogen-bond donors (Lipinski definition) is 2. The molecule has 7 heteroatoms. The van der Waals surface area contributed by atoms with E-state index in [9.17, 15) is 19.8 Å². The van der Waals surface area contributed by atoms with E-state index in [-0.39, 0.29) is 30.0 Å². The molecule has 3 aromatic carbocycles. The fraction of sp³-hybridized carbons (Fsp3) is 0.143. The van der Waals surface area contributed by atoms with Crippen LogP contribution in [0.1, 0.15) is 27.2 Å². The van der Waals surface area contributed by atoms with Crippen LogP contribution in [0.5, 0.6) is 11.5 Å². The summed E-state index contributed by atoms with van der Waals surface area (Å²) in [5, 5.41) is 19.2. The summed E-state index contributed by atoms with van der Waals surface area (Å²) in [5.74, 6) is -0.0569. The zero-order valence-corrected chi connectivity index (χ0v) is 19.2. The van der Waals surface area contributed by atoms with Crippen molar-refractivity contribution in [2.24, 2.45) is 0 Å². The van der Waals surface area contributed by atoms with Gasteiger partial charge >= 0.3 is 5.97 Å². The number of hydrogen-bond acceptors (Lipinski definition) is 5. The Morgan fingerprint density at radius 1 is 0.943 bits per heavy atom. The average Bonchev–Trinajstić information content (AvgIpc) is 2.89. The van der Waals surface area contributed by atoms with Crippen LogP contribution in [0.2, 0.25) is 0 Å². The first-order valence-electron chi connectivity index (χ1n) is 11.0. The summed E-state index contributed by atoms with van der Waals surface area (Å²) in [5.41, 5.74) is 3.63. The van der Waals surface area contributed by atoms with Gasteiger partial charge in [-0.25, -0.2) is 4.79 Å². The van der Waals surface area contributed by atoms with E-state index in [1.54, 1.807) is 42.1 Å². The van der Waals surface area contributed by atoms with Crippen molar-refractivity contribution >= 4 is 5.97 Å². The summed E-state index contributed by atoms with van der Waals surface area (Å²) >= 11 is 0. The van der Waals surface area contributed by atoms with Gasteiger partial charge in [-0.05, 0) is 40.5 Å². The highest BCUT2D eigenvalue weighted by Gasteiger charge is 2.12. The summed E-state index contributed by atoms with van der Waals surface area (Å²) in [4.78, 5) is 24.0. The number of carboxylic acid groups (broad SMARTS) is 1. The lowest BCUT2D eigenvalue weighted by Gasteiger charge is -2.15. The van der Waals surface area contributed by atoms with E-state index in [1.807, 2.05) is 48.5 Å². The molecular weight excluding hydrogens is 446 g/mol. The maximum atomic E-state index is 12.5. The number of benzene rings is 3. The van der Waals surface area contributed by atoms with Crippen LogP contribution in [0.4, 0.5) is 0 Å². The first-order valence-corrected chi connectivity index (χ1v) is 11.0. The second-order valence-electron chi connectivity index (χ2n) is 7.96. The second kappa shape index (κ2) is 10.7. The topological polar surface area (TPSA) is 98.0 Å². The minimum atomic E-state index is -0.979. The molecule has 0 unspecified atom stereocenters. The molecule has 2 N–H and O–H groups in total. The number of aliphatic hydroxyl groups excluding tert-OH is 1. The molecule has 0 atom stereocenters. The highest BCUT2D eigenvalue weighted by Crippen LogP contribution is 2.24. The Morgan fingerprint density at radius 3 is 2.29 bits per heavy atom. The maximum Gasteiger partial charge on any atom is 0.336 e. The van der Waals surface area contributed by atoms with E-state index in [4.69, 9.17) is 9.47 Å². The third-order valence-corrected chi connectivity index (χ3v) is 5.67. The van der Waals surface area contributed by atoms with Gasteiger partial charge < -0.3 is 24.3 Å². The van der Waals surface area contributed by atoms with Crippen LogP contribution in [-0.2, 0) is 19.8 Å². The number of nitrogens with zero attached hydrogens (tertiary/aromatic N) is 1. The number of aromatic carboxylic acids is 1. The van der Waals surface area contributed by atoms with Crippen molar-refractivity contribution in [1.29, 1.82) is 0 Å². The van der Waals surface area contributed by atoms with Gasteiger partial charge in [0.2, 0.25) is 5.43 Å². The van der Waals surface area contributed by atoms with Crippen molar-refractivity contribution in [1.82, 2.24) is 4.57 Å². The van der Waals surface area contributed by atoms with E-state index < -0.39 is 5.97 Å². The van der Waals surface area contributed by atoms with Gasteiger partial charge in [0.15, 0.2) is 5.75 Å². The zero-order chi connectivity index (χ0) is 24.8. The predicted molar refractivity (Wildman–Crippen MR) is 132 cm³/mol. The molecule has 0 aliphatic rings. The third kappa shape index (κ3) is 5.59. The van der Waals surface area contributed by atoms with E-state index in [0.29, 0.717) is 17.8 Å². The van der Waals surface area contributed by atoms with Gasteiger partial charge in [0.1, 0.15) is 12.4 Å². The number of aromatic nitrogens is 1. The molecule has 0 bridgehead atoms. The van der Waals surface area contributed by atoms with Crippen molar-refractivity contribution in [3.8, 4) is 22.6 Å². The first kappa shape index (κ1) is 23.8. The third-order valence-electron chi connectivity index (χ3n) is 5.67. The molecule has 1 aromatic heterocycles. The minimum absolute atomic E-state index is 0.185. The summed E-state index contributed by atoms with van der Waals surface area (Å²) in [7, 11) is 1.60. The molecule has 1 heterocycles. The number of carboxylic acids is 1. The highest BCUT2D eigenvalue weighted by atomic mass is 16.5. The number of carbonyl (C=O) groups is 1. The molecule has 0 saturated heterocycles. The van der Waals surface area contributed by atoms with Crippen LogP contribution in [0, 0.1) is 0 Å². The summed E-state index contributed by atoms with van der Waals surface area (Å²) in [6.45, 7) is 0.323. The molecule has 0 amide bonds. The SMILES string of the molecule is COc1ccc(COc2cn(Cc3ccc(-c4ccccc4C(=O)O)cc3)c(CO)cc2=O)cc1. The van der Waals surface area contributed by atoms with Crippen LogP contribution in [-0.4, -0.2) is 27.9 Å². The standard InChI is InChI=1S/C28H25NO6/c1-34-23-12-8-20(9-13-23)18-35-27-16-29(22(17-30)14-26(27)31)15-19-6-10-21(11-7-19)24-4-2-3-5-25(24)28(32)33/h2-14,16,30H,15,17-18H2,1H3,(H,32,33).